The molecular weight excluding hydrogens is 418 g/mol. The SMILES string of the molecule is COC(=O)c1ccc(Oc2ccc(N/C=C3/C=c4ncccc4=C4CC(=O)NC43)cc2)cc1. The normalized spacial score (nSPS) is 17.5. The maximum atomic E-state index is 12.0. The second-order valence-electron chi connectivity index (χ2n) is 7.71. The van der Waals surface area contributed by atoms with Crippen molar-refractivity contribution in [3.8, 4) is 11.5 Å². The van der Waals surface area contributed by atoms with Crippen molar-refractivity contribution < 1.29 is 19.1 Å². The fourth-order valence-electron chi connectivity index (χ4n) is 3.98. The molecule has 1 fully saturated rings. The van der Waals surface area contributed by atoms with Crippen LogP contribution in [0.3, 0.4) is 0 Å². The van der Waals surface area contributed by atoms with Crippen molar-refractivity contribution >= 4 is 29.2 Å². The first-order chi connectivity index (χ1) is 16.1. The van der Waals surface area contributed by atoms with Gasteiger partial charge in [0.25, 0.3) is 0 Å². The van der Waals surface area contributed by atoms with E-state index in [1.807, 2.05) is 48.7 Å². The van der Waals surface area contributed by atoms with Crippen LogP contribution in [0.1, 0.15) is 16.8 Å². The number of anilines is 1. The Morgan fingerprint density at radius 2 is 1.82 bits per heavy atom. The zero-order valence-corrected chi connectivity index (χ0v) is 17.9. The number of amides is 1. The van der Waals surface area contributed by atoms with Crippen LogP contribution in [0.2, 0.25) is 0 Å². The molecule has 1 amide bonds. The van der Waals surface area contributed by atoms with Gasteiger partial charge in [-0.3, -0.25) is 9.78 Å². The lowest BCUT2D eigenvalue weighted by atomic mass is 9.94. The molecule has 0 saturated carbocycles. The molecule has 1 aliphatic heterocycles. The summed E-state index contributed by atoms with van der Waals surface area (Å²) in [6.45, 7) is 0. The molecule has 5 rings (SSSR count). The average Bonchev–Trinajstić information content (AvgIpc) is 3.25. The molecule has 1 aromatic heterocycles. The van der Waals surface area contributed by atoms with Gasteiger partial charge in [0.1, 0.15) is 11.5 Å². The van der Waals surface area contributed by atoms with Crippen LogP contribution in [0.15, 0.2) is 78.6 Å². The van der Waals surface area contributed by atoms with Gasteiger partial charge in [-0.15, -0.1) is 0 Å². The van der Waals surface area contributed by atoms with Crippen molar-refractivity contribution in [2.45, 2.75) is 12.5 Å². The van der Waals surface area contributed by atoms with Crippen LogP contribution >= 0.6 is 0 Å². The highest BCUT2D eigenvalue weighted by Crippen LogP contribution is 2.26. The molecule has 1 saturated heterocycles. The van der Waals surface area contributed by atoms with Gasteiger partial charge in [-0.2, -0.15) is 0 Å². The van der Waals surface area contributed by atoms with Gasteiger partial charge in [-0.05, 0) is 71.8 Å². The number of hydrogen-bond donors (Lipinski definition) is 2. The summed E-state index contributed by atoms with van der Waals surface area (Å²) in [5.41, 5.74) is 3.35. The van der Waals surface area contributed by atoms with Crippen molar-refractivity contribution in [3.05, 3.63) is 94.8 Å². The number of esters is 1. The van der Waals surface area contributed by atoms with Gasteiger partial charge < -0.3 is 20.1 Å². The number of methoxy groups -OCH3 is 1. The molecule has 0 spiro atoms. The van der Waals surface area contributed by atoms with Crippen LogP contribution in [0.25, 0.3) is 11.6 Å². The van der Waals surface area contributed by atoms with Crippen molar-refractivity contribution in [1.82, 2.24) is 10.3 Å². The molecule has 1 aliphatic carbocycles. The second kappa shape index (κ2) is 8.63. The van der Waals surface area contributed by atoms with E-state index < -0.39 is 0 Å². The summed E-state index contributed by atoms with van der Waals surface area (Å²) < 4.78 is 10.5. The molecule has 1 unspecified atom stereocenters. The average molecular weight is 439 g/mol. The van der Waals surface area contributed by atoms with E-state index in [4.69, 9.17) is 9.47 Å². The number of aromatic nitrogens is 1. The Morgan fingerprint density at radius 1 is 1.09 bits per heavy atom. The van der Waals surface area contributed by atoms with Crippen LogP contribution < -0.4 is 25.9 Å². The lowest BCUT2D eigenvalue weighted by Gasteiger charge is -2.18. The molecule has 7 nitrogen and oxygen atoms in total. The van der Waals surface area contributed by atoms with Gasteiger partial charge in [0.05, 0.1) is 30.5 Å². The first-order valence-electron chi connectivity index (χ1n) is 10.5. The number of carbonyl (C=O) groups is 2. The van der Waals surface area contributed by atoms with E-state index in [1.54, 1.807) is 30.5 Å². The Bertz CT molecular complexity index is 1380. The van der Waals surface area contributed by atoms with Crippen LogP contribution in [-0.2, 0) is 9.53 Å². The van der Waals surface area contributed by atoms with E-state index >= 15 is 0 Å². The lowest BCUT2D eigenvalue weighted by molar-refractivity contribution is -0.119. The third-order valence-electron chi connectivity index (χ3n) is 5.60. The van der Waals surface area contributed by atoms with Crippen molar-refractivity contribution in [3.63, 3.8) is 0 Å². The molecule has 2 aliphatic rings. The van der Waals surface area contributed by atoms with E-state index in [9.17, 15) is 9.59 Å². The fourth-order valence-corrected chi connectivity index (χ4v) is 3.98. The number of fused-ring (bicyclic) bond motifs is 2. The number of rotatable bonds is 5. The number of pyridine rings is 1. The lowest BCUT2D eigenvalue weighted by Crippen LogP contribution is -2.40. The van der Waals surface area contributed by atoms with Gasteiger partial charge in [0.15, 0.2) is 0 Å². The van der Waals surface area contributed by atoms with Gasteiger partial charge in [0, 0.05) is 23.3 Å². The van der Waals surface area contributed by atoms with Crippen LogP contribution in [-0.4, -0.2) is 30.0 Å². The smallest absolute Gasteiger partial charge is 0.337 e. The molecule has 2 aromatic carbocycles. The van der Waals surface area contributed by atoms with E-state index in [1.165, 1.54) is 7.11 Å². The van der Waals surface area contributed by atoms with Crippen LogP contribution in [0.5, 0.6) is 11.5 Å². The predicted octanol–water partition coefficient (Wildman–Crippen LogP) is 2.49. The highest BCUT2D eigenvalue weighted by Gasteiger charge is 2.31. The molecule has 33 heavy (non-hydrogen) atoms. The number of nitrogens with one attached hydrogen (secondary N) is 2. The Hall–Kier alpha value is -4.39. The first kappa shape index (κ1) is 20.5. The Labute approximate surface area is 190 Å². The van der Waals surface area contributed by atoms with Gasteiger partial charge in [-0.1, -0.05) is 6.07 Å². The third kappa shape index (κ3) is 4.21. The number of ether oxygens (including phenoxy) is 2. The zero-order chi connectivity index (χ0) is 22.8. The van der Waals surface area contributed by atoms with Crippen molar-refractivity contribution in [2.24, 2.45) is 0 Å². The zero-order valence-electron chi connectivity index (χ0n) is 17.9. The Morgan fingerprint density at radius 3 is 2.55 bits per heavy atom. The maximum Gasteiger partial charge on any atom is 0.337 e. The van der Waals surface area contributed by atoms with Gasteiger partial charge in [0.2, 0.25) is 5.91 Å². The summed E-state index contributed by atoms with van der Waals surface area (Å²) in [6, 6.07) is 18.0. The molecule has 1 atom stereocenters. The second-order valence-corrected chi connectivity index (χ2v) is 7.71. The number of benzene rings is 2. The number of hydrogen-bond acceptors (Lipinski definition) is 6. The van der Waals surface area contributed by atoms with E-state index in [2.05, 4.69) is 15.6 Å². The van der Waals surface area contributed by atoms with Crippen molar-refractivity contribution in [2.75, 3.05) is 12.4 Å². The summed E-state index contributed by atoms with van der Waals surface area (Å²) in [6.07, 6.45) is 6.04. The first-order valence-corrected chi connectivity index (χ1v) is 10.5. The minimum Gasteiger partial charge on any atom is -0.465 e. The third-order valence-corrected chi connectivity index (χ3v) is 5.60. The molecule has 0 bridgehead atoms. The summed E-state index contributed by atoms with van der Waals surface area (Å²) in [7, 11) is 1.35. The Balaban J connectivity index is 1.30. The quantitative estimate of drug-likeness (QED) is 0.594. The molecule has 2 heterocycles. The monoisotopic (exact) mass is 439 g/mol. The molecule has 164 valence electrons. The van der Waals surface area contributed by atoms with E-state index in [0.29, 0.717) is 23.5 Å². The van der Waals surface area contributed by atoms with E-state index in [-0.39, 0.29) is 17.9 Å². The summed E-state index contributed by atoms with van der Waals surface area (Å²) in [4.78, 5) is 28.0. The minimum absolute atomic E-state index is 0.0205. The topological polar surface area (TPSA) is 89.6 Å². The molecule has 7 heteroatoms. The highest BCUT2D eigenvalue weighted by molar-refractivity contribution is 5.95. The standard InChI is InChI=1S/C26H21N3O4/c1-32-26(31)16-4-8-19(9-5-16)33-20-10-6-18(7-11-20)28-15-17-13-23-21(3-2-12-27-23)22-14-24(30)29-25(17)22/h2-13,15,25,28H,14H2,1H3,(H,29,30)/b17-15-. The largest absolute Gasteiger partial charge is 0.465 e. The molecular formula is C26H21N3O4. The summed E-state index contributed by atoms with van der Waals surface area (Å²) in [5.74, 6) is 0.920. The fraction of sp³-hybridized carbons (Fsp3) is 0.115. The summed E-state index contributed by atoms with van der Waals surface area (Å²) in [5, 5.41) is 8.24. The van der Waals surface area contributed by atoms with E-state index in [0.717, 1.165) is 27.4 Å². The molecule has 3 aromatic rings. The summed E-state index contributed by atoms with van der Waals surface area (Å²) >= 11 is 0. The minimum atomic E-state index is -0.387. The predicted molar refractivity (Wildman–Crippen MR) is 124 cm³/mol. The molecule has 0 radical (unpaired) electrons. The van der Waals surface area contributed by atoms with Gasteiger partial charge >= 0.3 is 5.97 Å². The van der Waals surface area contributed by atoms with Crippen LogP contribution in [0, 0.1) is 0 Å². The number of carbonyl (C=O) groups excluding carboxylic acids is 2. The number of nitrogens with zero attached hydrogens (tertiary/aromatic N) is 1. The maximum absolute atomic E-state index is 12.0. The van der Waals surface area contributed by atoms with Gasteiger partial charge in [-0.25, -0.2) is 4.79 Å². The molecule has 2 N–H and O–H groups in total. The highest BCUT2D eigenvalue weighted by atomic mass is 16.5. The van der Waals surface area contributed by atoms with Crippen LogP contribution in [0.4, 0.5) is 5.69 Å². The Kier molecular flexibility index (Phi) is 5.36. The van der Waals surface area contributed by atoms with Crippen molar-refractivity contribution in [1.29, 1.82) is 0 Å².